The lowest BCUT2D eigenvalue weighted by Crippen LogP contribution is -2.30. The van der Waals surface area contributed by atoms with Crippen molar-refractivity contribution in [3.8, 4) is 27.4 Å². The largest absolute Gasteiger partial charge is 0.490 e. The van der Waals surface area contributed by atoms with Gasteiger partial charge in [-0.05, 0) is 59.7 Å². The Hall–Kier alpha value is -4.00. The summed E-state index contributed by atoms with van der Waals surface area (Å²) in [7, 11) is 0. The molecule has 3 heterocycles. The van der Waals surface area contributed by atoms with E-state index < -0.39 is 0 Å². The SMILES string of the molecule is CCc1n[nH]c2ccc(-c3cc(OC[C@@H](N)Cc4ccccc4)cnc3-c3cc4ccccc4s3)cc12. The summed E-state index contributed by atoms with van der Waals surface area (Å²) in [4.78, 5) is 6.04. The average Bonchev–Trinajstić information content (AvgIpc) is 3.56. The molecule has 5 nitrogen and oxygen atoms in total. The van der Waals surface area contributed by atoms with E-state index in [4.69, 9.17) is 15.5 Å². The number of pyridine rings is 1. The van der Waals surface area contributed by atoms with Gasteiger partial charge >= 0.3 is 0 Å². The first kappa shape index (κ1) is 23.4. The van der Waals surface area contributed by atoms with Gasteiger partial charge in [0.15, 0.2) is 0 Å². The Kier molecular flexibility index (Phi) is 6.43. The van der Waals surface area contributed by atoms with Gasteiger partial charge in [-0.3, -0.25) is 10.1 Å². The zero-order chi connectivity index (χ0) is 25.2. The van der Waals surface area contributed by atoms with Crippen molar-refractivity contribution in [1.82, 2.24) is 15.2 Å². The minimum Gasteiger partial charge on any atom is -0.490 e. The van der Waals surface area contributed by atoms with Crippen molar-refractivity contribution in [2.24, 2.45) is 5.73 Å². The first-order chi connectivity index (χ1) is 18.2. The van der Waals surface area contributed by atoms with Crippen LogP contribution in [0.1, 0.15) is 18.2 Å². The van der Waals surface area contributed by atoms with Crippen LogP contribution < -0.4 is 10.5 Å². The van der Waals surface area contributed by atoms with E-state index in [-0.39, 0.29) is 6.04 Å². The quantitative estimate of drug-likeness (QED) is 0.234. The zero-order valence-electron chi connectivity index (χ0n) is 20.6. The second kappa shape index (κ2) is 10.2. The van der Waals surface area contributed by atoms with E-state index in [1.165, 1.54) is 15.6 Å². The second-order valence-electron chi connectivity index (χ2n) is 9.26. The molecule has 0 radical (unpaired) electrons. The Morgan fingerprint density at radius 2 is 1.81 bits per heavy atom. The first-order valence-corrected chi connectivity index (χ1v) is 13.4. The number of thiophene rings is 1. The Labute approximate surface area is 220 Å². The average molecular weight is 505 g/mol. The lowest BCUT2D eigenvalue weighted by atomic mass is 10.00. The van der Waals surface area contributed by atoms with Crippen molar-refractivity contribution in [2.45, 2.75) is 25.8 Å². The fraction of sp³-hybridized carbons (Fsp3) is 0.161. The molecule has 37 heavy (non-hydrogen) atoms. The van der Waals surface area contributed by atoms with Gasteiger partial charge in [-0.15, -0.1) is 11.3 Å². The standard InChI is InChI=1S/C31H28N4OS/c1-2-27-26-15-21(12-13-28(26)35-34-27)25-17-24(36-19-23(32)14-20-8-4-3-5-9-20)18-33-31(25)30-16-22-10-6-7-11-29(22)37-30/h3-13,15-18,23H,2,14,19,32H2,1H3,(H,34,35)/t23-/m0/s1. The van der Waals surface area contributed by atoms with Crippen molar-refractivity contribution in [3.05, 3.63) is 102 Å². The predicted octanol–water partition coefficient (Wildman–Crippen LogP) is 7.02. The van der Waals surface area contributed by atoms with Gasteiger partial charge in [0.2, 0.25) is 0 Å². The topological polar surface area (TPSA) is 76.8 Å². The number of hydrogen-bond acceptors (Lipinski definition) is 5. The fourth-order valence-electron chi connectivity index (χ4n) is 4.72. The van der Waals surface area contributed by atoms with Gasteiger partial charge in [0.25, 0.3) is 0 Å². The second-order valence-corrected chi connectivity index (χ2v) is 10.3. The minimum absolute atomic E-state index is 0.109. The third-order valence-electron chi connectivity index (χ3n) is 6.61. The van der Waals surface area contributed by atoms with E-state index in [1.807, 2.05) is 24.4 Å². The molecule has 3 aromatic heterocycles. The van der Waals surface area contributed by atoms with E-state index in [0.717, 1.165) is 51.1 Å². The highest BCUT2D eigenvalue weighted by Gasteiger charge is 2.16. The van der Waals surface area contributed by atoms with Gasteiger partial charge in [0.05, 0.1) is 28.0 Å². The number of benzene rings is 3. The first-order valence-electron chi connectivity index (χ1n) is 12.6. The maximum Gasteiger partial charge on any atom is 0.138 e. The van der Waals surface area contributed by atoms with Gasteiger partial charge < -0.3 is 10.5 Å². The smallest absolute Gasteiger partial charge is 0.138 e. The Balaban J connectivity index is 1.36. The molecule has 3 aromatic carbocycles. The number of aromatic nitrogens is 3. The van der Waals surface area contributed by atoms with Crippen LogP contribution in [-0.2, 0) is 12.8 Å². The summed E-state index contributed by atoms with van der Waals surface area (Å²) >= 11 is 1.76. The Morgan fingerprint density at radius 1 is 0.973 bits per heavy atom. The number of H-pyrrole nitrogens is 1. The number of aryl methyl sites for hydroxylation is 1. The lowest BCUT2D eigenvalue weighted by molar-refractivity contribution is 0.287. The number of ether oxygens (including phenoxy) is 1. The molecule has 0 unspecified atom stereocenters. The van der Waals surface area contributed by atoms with Gasteiger partial charge in [0, 0.05) is 21.7 Å². The zero-order valence-corrected chi connectivity index (χ0v) is 21.5. The monoisotopic (exact) mass is 504 g/mol. The van der Waals surface area contributed by atoms with Crippen LogP contribution >= 0.6 is 11.3 Å². The Bertz CT molecular complexity index is 1640. The summed E-state index contributed by atoms with van der Waals surface area (Å²) in [5.41, 5.74) is 12.8. The molecule has 0 spiro atoms. The van der Waals surface area contributed by atoms with Gasteiger partial charge in [-0.25, -0.2) is 0 Å². The number of hydrogen-bond donors (Lipinski definition) is 2. The van der Waals surface area contributed by atoms with Crippen LogP contribution in [0, 0.1) is 0 Å². The molecular weight excluding hydrogens is 476 g/mol. The number of aromatic amines is 1. The molecule has 6 heteroatoms. The fourth-order valence-corrected chi connectivity index (χ4v) is 5.80. The van der Waals surface area contributed by atoms with E-state index in [1.54, 1.807) is 11.3 Å². The normalized spacial score (nSPS) is 12.3. The van der Waals surface area contributed by atoms with Crippen LogP contribution in [0.4, 0.5) is 0 Å². The van der Waals surface area contributed by atoms with Gasteiger partial charge in [-0.2, -0.15) is 5.10 Å². The molecule has 0 aliphatic carbocycles. The van der Waals surface area contributed by atoms with Crippen molar-refractivity contribution < 1.29 is 4.74 Å². The van der Waals surface area contributed by atoms with Crippen molar-refractivity contribution in [1.29, 1.82) is 0 Å². The highest BCUT2D eigenvalue weighted by atomic mass is 32.1. The van der Waals surface area contributed by atoms with Crippen molar-refractivity contribution in [3.63, 3.8) is 0 Å². The van der Waals surface area contributed by atoms with Crippen LogP contribution in [0.3, 0.4) is 0 Å². The molecule has 0 saturated heterocycles. The Morgan fingerprint density at radius 3 is 2.65 bits per heavy atom. The summed E-state index contributed by atoms with van der Waals surface area (Å²) < 4.78 is 7.41. The number of fused-ring (bicyclic) bond motifs is 2. The van der Waals surface area contributed by atoms with E-state index >= 15 is 0 Å². The molecule has 0 amide bonds. The predicted molar refractivity (Wildman–Crippen MR) is 153 cm³/mol. The molecular formula is C31H28N4OS. The molecule has 0 fully saturated rings. The number of nitrogens with zero attached hydrogens (tertiary/aromatic N) is 2. The van der Waals surface area contributed by atoms with Crippen LogP contribution in [0.15, 0.2) is 91.1 Å². The molecule has 0 saturated carbocycles. The summed E-state index contributed by atoms with van der Waals surface area (Å²) in [6.07, 6.45) is 3.44. The van der Waals surface area contributed by atoms with E-state index in [0.29, 0.717) is 12.4 Å². The highest BCUT2D eigenvalue weighted by molar-refractivity contribution is 7.22. The van der Waals surface area contributed by atoms with Crippen LogP contribution in [0.2, 0.25) is 0 Å². The highest BCUT2D eigenvalue weighted by Crippen LogP contribution is 2.40. The van der Waals surface area contributed by atoms with E-state index in [2.05, 4.69) is 83.9 Å². The molecule has 1 atom stereocenters. The van der Waals surface area contributed by atoms with E-state index in [9.17, 15) is 0 Å². The summed E-state index contributed by atoms with van der Waals surface area (Å²) in [6.45, 7) is 2.54. The molecule has 184 valence electrons. The molecule has 3 N–H and O–H groups in total. The molecule has 6 rings (SSSR count). The molecule has 0 aliphatic rings. The number of rotatable bonds is 8. The third-order valence-corrected chi connectivity index (χ3v) is 7.74. The molecule has 0 bridgehead atoms. The van der Waals surface area contributed by atoms with Crippen molar-refractivity contribution in [2.75, 3.05) is 6.61 Å². The number of nitrogens with one attached hydrogen (secondary N) is 1. The van der Waals surface area contributed by atoms with Gasteiger partial charge in [-0.1, -0.05) is 61.5 Å². The van der Waals surface area contributed by atoms with Crippen LogP contribution in [0.5, 0.6) is 5.75 Å². The van der Waals surface area contributed by atoms with Crippen LogP contribution in [-0.4, -0.2) is 27.8 Å². The van der Waals surface area contributed by atoms with Crippen LogP contribution in [0.25, 0.3) is 42.7 Å². The maximum absolute atomic E-state index is 6.39. The maximum atomic E-state index is 6.39. The molecule has 0 aliphatic heterocycles. The molecule has 6 aromatic rings. The summed E-state index contributed by atoms with van der Waals surface area (Å²) in [5, 5.41) is 9.99. The van der Waals surface area contributed by atoms with Crippen molar-refractivity contribution >= 4 is 32.3 Å². The lowest BCUT2D eigenvalue weighted by Gasteiger charge is -2.15. The third kappa shape index (κ3) is 4.86. The minimum atomic E-state index is -0.109. The van der Waals surface area contributed by atoms with Gasteiger partial charge in [0.1, 0.15) is 12.4 Å². The number of nitrogens with two attached hydrogens (primary N) is 1. The summed E-state index contributed by atoms with van der Waals surface area (Å²) in [5.74, 6) is 0.714. The summed E-state index contributed by atoms with van der Waals surface area (Å²) in [6, 6.07) is 29.3.